The molecule has 1 saturated carbocycles. The first-order valence-electron chi connectivity index (χ1n) is 8.81. The van der Waals surface area contributed by atoms with Crippen LogP contribution in [0.15, 0.2) is 53.6 Å². The van der Waals surface area contributed by atoms with Crippen LogP contribution in [0, 0.1) is 17.3 Å². The lowest BCUT2D eigenvalue weighted by Gasteiger charge is -2.04. The predicted octanol–water partition coefficient (Wildman–Crippen LogP) is 6.34. The fraction of sp³-hybridized carbons (Fsp3) is 0.381. The summed E-state index contributed by atoms with van der Waals surface area (Å²) in [6.07, 6.45) is -2.87. The average molecular weight is 429 g/mol. The van der Waals surface area contributed by atoms with Crippen molar-refractivity contribution in [2.24, 2.45) is 17.3 Å². The molecule has 0 bridgehead atoms. The summed E-state index contributed by atoms with van der Waals surface area (Å²) in [5, 5.41) is -1.19. The van der Waals surface area contributed by atoms with E-state index in [2.05, 4.69) is 0 Å². The minimum atomic E-state index is -4.60. The summed E-state index contributed by atoms with van der Waals surface area (Å²) in [7, 11) is 0. The molecule has 2 atom stereocenters. The van der Waals surface area contributed by atoms with Crippen LogP contribution in [-0.2, 0) is 22.6 Å². The molecule has 1 aliphatic rings. The van der Waals surface area contributed by atoms with E-state index in [1.54, 1.807) is 25.2 Å². The van der Waals surface area contributed by atoms with Gasteiger partial charge in [-0.2, -0.15) is 13.2 Å². The maximum absolute atomic E-state index is 12.6. The van der Waals surface area contributed by atoms with Crippen molar-refractivity contribution in [2.45, 2.75) is 33.1 Å². The molecule has 0 aliphatic heterocycles. The van der Waals surface area contributed by atoms with Crippen LogP contribution < -0.4 is 0 Å². The van der Waals surface area contributed by atoms with E-state index >= 15 is 0 Å². The van der Waals surface area contributed by atoms with Gasteiger partial charge in [0.2, 0.25) is 0 Å². The Kier molecular flexibility index (Phi) is 5.92. The zero-order valence-corrected chi connectivity index (χ0v) is 17.0. The predicted molar refractivity (Wildman–Crippen MR) is 104 cm³/mol. The second-order valence-electron chi connectivity index (χ2n) is 7.48. The quantitative estimate of drug-likeness (QED) is 0.502. The number of hydrogen-bond donors (Lipinski definition) is 0. The van der Waals surface area contributed by atoms with Crippen LogP contribution >= 0.6 is 22.9 Å². The number of carbonyl (C=O) groups is 1. The lowest BCUT2D eigenvalue weighted by Crippen LogP contribution is -2.10. The molecule has 150 valence electrons. The van der Waals surface area contributed by atoms with Gasteiger partial charge in [-0.25, -0.2) is 0 Å². The summed E-state index contributed by atoms with van der Waals surface area (Å²) in [6, 6.07) is 13.9. The number of esters is 1. The molecule has 7 heteroatoms. The zero-order chi connectivity index (χ0) is 20.5. The van der Waals surface area contributed by atoms with Crippen LogP contribution in [-0.4, -0.2) is 12.1 Å². The molecule has 0 N–H and O–H groups in total. The first-order valence-corrected chi connectivity index (χ1v) is 10.0. The number of hydrogen-bond acceptors (Lipinski definition) is 3. The molecule has 0 unspecified atom stereocenters. The van der Waals surface area contributed by atoms with E-state index in [4.69, 9.17) is 16.3 Å². The second kappa shape index (κ2) is 7.91. The molecule has 2 nitrogen and oxygen atoms in total. The number of carbonyl (C=O) groups excluding carboxylic acids is 1. The fourth-order valence-electron chi connectivity index (χ4n) is 3.32. The van der Waals surface area contributed by atoms with Gasteiger partial charge in [-0.15, -0.1) is 11.3 Å². The van der Waals surface area contributed by atoms with Crippen molar-refractivity contribution >= 4 is 28.9 Å². The Balaban J connectivity index is 1.56. The second-order valence-corrected chi connectivity index (χ2v) is 9.14. The summed E-state index contributed by atoms with van der Waals surface area (Å²) in [4.78, 5) is 14.4. The number of halogens is 4. The van der Waals surface area contributed by atoms with Crippen molar-refractivity contribution in [1.29, 1.82) is 0 Å². The molecule has 1 aromatic heterocycles. The van der Waals surface area contributed by atoms with Crippen molar-refractivity contribution in [3.8, 4) is 0 Å². The molecule has 0 radical (unpaired) electrons. The van der Waals surface area contributed by atoms with Crippen molar-refractivity contribution < 1.29 is 22.7 Å². The van der Waals surface area contributed by atoms with E-state index in [1.807, 2.05) is 42.5 Å². The Hall–Kier alpha value is -1.79. The highest BCUT2D eigenvalue weighted by atomic mass is 35.5. The monoisotopic (exact) mass is 428 g/mol. The van der Waals surface area contributed by atoms with Crippen LogP contribution in [0.4, 0.5) is 13.2 Å². The van der Waals surface area contributed by atoms with E-state index in [0.29, 0.717) is 0 Å². The Morgan fingerprint density at radius 1 is 1.18 bits per heavy atom. The molecule has 1 fully saturated rings. The number of rotatable bonds is 6. The summed E-state index contributed by atoms with van der Waals surface area (Å²) < 4.78 is 43.3. The number of allylic oxidation sites excluding steroid dienone is 2. The third kappa shape index (κ3) is 4.78. The van der Waals surface area contributed by atoms with Crippen molar-refractivity contribution in [3.63, 3.8) is 0 Å². The van der Waals surface area contributed by atoms with Gasteiger partial charge < -0.3 is 4.74 Å². The van der Waals surface area contributed by atoms with Crippen molar-refractivity contribution in [3.05, 3.63) is 68.9 Å². The highest BCUT2D eigenvalue weighted by Crippen LogP contribution is 2.60. The summed E-state index contributed by atoms with van der Waals surface area (Å²) in [5.74, 6) is -1.69. The minimum absolute atomic E-state index is 0.119. The molecule has 0 amide bonds. The highest BCUT2D eigenvalue weighted by Gasteiger charge is 2.62. The van der Waals surface area contributed by atoms with Gasteiger partial charge in [0.25, 0.3) is 0 Å². The number of ether oxygens (including phenoxy) is 1. The minimum Gasteiger partial charge on any atom is -0.460 e. The molecule has 0 saturated heterocycles. The van der Waals surface area contributed by atoms with Gasteiger partial charge in [0.05, 0.1) is 5.92 Å². The Labute approximate surface area is 171 Å². The molecule has 2 aromatic rings. The van der Waals surface area contributed by atoms with Gasteiger partial charge in [0.15, 0.2) is 0 Å². The van der Waals surface area contributed by atoms with Crippen LogP contribution in [0.25, 0.3) is 0 Å². The SMILES string of the molecule is CC1(C)[C@H](C(=O)OCc2ccc(Cc3ccccc3)s2)[C@@H]1C=C(Cl)C(F)(F)F. The van der Waals surface area contributed by atoms with Gasteiger partial charge in [0, 0.05) is 16.2 Å². The maximum atomic E-state index is 12.6. The average Bonchev–Trinajstić information content (AvgIpc) is 2.94. The lowest BCUT2D eigenvalue weighted by molar-refractivity contribution is -0.147. The van der Waals surface area contributed by atoms with Gasteiger partial charge in [-0.3, -0.25) is 4.79 Å². The van der Waals surface area contributed by atoms with E-state index in [9.17, 15) is 18.0 Å². The Morgan fingerprint density at radius 3 is 2.46 bits per heavy atom. The summed E-state index contributed by atoms with van der Waals surface area (Å²) in [6.45, 7) is 3.60. The highest BCUT2D eigenvalue weighted by molar-refractivity contribution is 7.12. The first-order chi connectivity index (χ1) is 13.1. The Bertz CT molecular complexity index is 871. The third-order valence-electron chi connectivity index (χ3n) is 5.06. The largest absolute Gasteiger partial charge is 0.460 e. The molecule has 1 aliphatic carbocycles. The normalized spacial score (nSPS) is 21.4. The number of benzene rings is 1. The fourth-order valence-corrected chi connectivity index (χ4v) is 4.42. The summed E-state index contributed by atoms with van der Waals surface area (Å²) in [5.41, 5.74) is 0.597. The number of alkyl halides is 3. The smallest absolute Gasteiger partial charge is 0.426 e. The van der Waals surface area contributed by atoms with Gasteiger partial charge >= 0.3 is 12.1 Å². The molecular formula is C21H20ClF3O2S. The van der Waals surface area contributed by atoms with Crippen LogP contribution in [0.1, 0.15) is 29.2 Å². The standard InChI is InChI=1S/C21H20ClF3O2S/c1-20(2)16(11-17(22)21(23,24)25)18(20)19(26)27-12-15-9-8-14(28-15)10-13-6-4-3-5-7-13/h3-9,11,16,18H,10,12H2,1-2H3/t16-,18-/m0/s1. The topological polar surface area (TPSA) is 26.3 Å². The van der Waals surface area contributed by atoms with Crippen molar-refractivity contribution in [2.75, 3.05) is 0 Å². The van der Waals surface area contributed by atoms with Crippen molar-refractivity contribution in [1.82, 2.24) is 0 Å². The van der Waals surface area contributed by atoms with E-state index < -0.39 is 34.4 Å². The third-order valence-corrected chi connectivity index (χ3v) is 6.46. The first kappa shape index (κ1) is 20.9. The molecule has 28 heavy (non-hydrogen) atoms. The maximum Gasteiger partial charge on any atom is 0.426 e. The van der Waals surface area contributed by atoms with Gasteiger partial charge in [0.1, 0.15) is 11.6 Å². The van der Waals surface area contributed by atoms with Gasteiger partial charge in [-0.05, 0) is 29.0 Å². The van der Waals surface area contributed by atoms with Crippen LogP contribution in [0.3, 0.4) is 0 Å². The van der Waals surface area contributed by atoms with Gasteiger partial charge in [-0.1, -0.05) is 61.9 Å². The lowest BCUT2D eigenvalue weighted by atomic mass is 10.1. The van der Waals surface area contributed by atoms with Crippen LogP contribution in [0.2, 0.25) is 0 Å². The number of thiophene rings is 1. The Morgan fingerprint density at radius 2 is 1.82 bits per heavy atom. The molecular weight excluding hydrogens is 409 g/mol. The summed E-state index contributed by atoms with van der Waals surface area (Å²) >= 11 is 6.87. The molecule has 3 rings (SSSR count). The molecule has 0 spiro atoms. The zero-order valence-electron chi connectivity index (χ0n) is 15.4. The molecule has 1 aromatic carbocycles. The van der Waals surface area contributed by atoms with Crippen LogP contribution in [0.5, 0.6) is 0 Å². The van der Waals surface area contributed by atoms with E-state index in [1.165, 1.54) is 5.56 Å². The van der Waals surface area contributed by atoms with E-state index in [-0.39, 0.29) is 6.61 Å². The molecule has 1 heterocycles. The van der Waals surface area contributed by atoms with E-state index in [0.717, 1.165) is 22.3 Å².